The van der Waals surface area contributed by atoms with Gasteiger partial charge in [-0.15, -0.1) is 0 Å². The van der Waals surface area contributed by atoms with Crippen LogP contribution in [0.15, 0.2) is 29.4 Å². The Labute approximate surface area is 154 Å². The average molecular weight is 358 g/mol. The average Bonchev–Trinajstić information content (AvgIpc) is 2.59. The number of aryl methyl sites for hydroxylation is 1. The number of rotatable bonds is 6. The maximum atomic E-state index is 12.8. The molecule has 1 aromatic carbocycles. The third-order valence-electron chi connectivity index (χ3n) is 3.98. The molecule has 140 valence electrons. The first-order chi connectivity index (χ1) is 12.3. The van der Waals surface area contributed by atoms with Gasteiger partial charge in [0, 0.05) is 25.4 Å². The fraction of sp³-hybridized carbons (Fsp3) is 0.474. The maximum absolute atomic E-state index is 12.8. The smallest absolute Gasteiger partial charge is 0.270 e. The topological polar surface area (TPSA) is 82.1 Å². The Balaban J connectivity index is 2.19. The van der Waals surface area contributed by atoms with Gasteiger partial charge >= 0.3 is 0 Å². The third kappa shape index (κ3) is 4.91. The number of nitrogens with one attached hydrogen (secondary N) is 1. The van der Waals surface area contributed by atoms with Crippen molar-refractivity contribution in [2.75, 3.05) is 18.1 Å². The Bertz CT molecular complexity index is 727. The van der Waals surface area contributed by atoms with Crippen LogP contribution in [0.5, 0.6) is 0 Å². The van der Waals surface area contributed by atoms with Gasteiger partial charge in [0.05, 0.1) is 12.2 Å². The van der Waals surface area contributed by atoms with Gasteiger partial charge < -0.3 is 10.2 Å². The van der Waals surface area contributed by atoms with E-state index in [4.69, 9.17) is 0 Å². The van der Waals surface area contributed by atoms with E-state index in [1.165, 1.54) is 9.91 Å². The second-order valence-corrected chi connectivity index (χ2v) is 6.63. The molecule has 26 heavy (non-hydrogen) atoms. The molecular formula is C19H26N4O3. The van der Waals surface area contributed by atoms with Crippen molar-refractivity contribution in [3.8, 4) is 0 Å². The Hall–Kier alpha value is -2.70. The first-order valence-corrected chi connectivity index (χ1v) is 8.87. The molecule has 3 amide bonds. The maximum Gasteiger partial charge on any atom is 0.270 e. The second-order valence-electron chi connectivity index (χ2n) is 6.63. The van der Waals surface area contributed by atoms with Crippen molar-refractivity contribution in [3.63, 3.8) is 0 Å². The van der Waals surface area contributed by atoms with Gasteiger partial charge in [-0.25, -0.2) is 5.01 Å². The number of hydrogen-bond donors (Lipinski definition) is 1. The van der Waals surface area contributed by atoms with Gasteiger partial charge in [0.15, 0.2) is 0 Å². The molecule has 7 heteroatoms. The highest BCUT2D eigenvalue weighted by atomic mass is 16.2. The molecule has 0 bridgehead atoms. The van der Waals surface area contributed by atoms with Crippen molar-refractivity contribution >= 4 is 29.1 Å². The molecule has 0 saturated heterocycles. The predicted octanol–water partition coefficient (Wildman–Crippen LogP) is 1.85. The molecule has 7 nitrogen and oxygen atoms in total. The van der Waals surface area contributed by atoms with Crippen LogP contribution in [0.2, 0.25) is 0 Å². The number of hydrazone groups is 1. The lowest BCUT2D eigenvalue weighted by Crippen LogP contribution is -2.46. The van der Waals surface area contributed by atoms with Crippen LogP contribution in [-0.2, 0) is 14.4 Å². The van der Waals surface area contributed by atoms with Gasteiger partial charge in [0.25, 0.3) is 5.91 Å². The Morgan fingerprint density at radius 2 is 2.04 bits per heavy atom. The summed E-state index contributed by atoms with van der Waals surface area (Å²) in [6, 6.07) is 7.42. The van der Waals surface area contributed by atoms with Gasteiger partial charge in [-0.3, -0.25) is 14.4 Å². The molecule has 0 radical (unpaired) electrons. The molecule has 0 saturated carbocycles. The van der Waals surface area contributed by atoms with Crippen LogP contribution >= 0.6 is 0 Å². The summed E-state index contributed by atoms with van der Waals surface area (Å²) >= 11 is 0. The van der Waals surface area contributed by atoms with Crippen molar-refractivity contribution in [2.24, 2.45) is 5.10 Å². The zero-order chi connectivity index (χ0) is 19.3. The van der Waals surface area contributed by atoms with Crippen LogP contribution in [0.4, 0.5) is 5.69 Å². The molecule has 1 aliphatic heterocycles. The van der Waals surface area contributed by atoms with E-state index < -0.39 is 0 Å². The highest BCUT2D eigenvalue weighted by Crippen LogP contribution is 2.21. The standard InChI is InChI=1S/C19H26N4O3/c1-5-22(12-17(24)20-13(2)3)19(26)16-9-10-18(25)23(21-16)15-8-6-7-14(4)11-15/h6-8,11,13H,5,9-10,12H2,1-4H3,(H,20,24). The van der Waals surface area contributed by atoms with Gasteiger partial charge in [-0.2, -0.15) is 5.10 Å². The molecular weight excluding hydrogens is 332 g/mol. The summed E-state index contributed by atoms with van der Waals surface area (Å²) in [5.74, 6) is -0.664. The van der Waals surface area contributed by atoms with E-state index >= 15 is 0 Å². The molecule has 2 rings (SSSR count). The molecule has 0 unspecified atom stereocenters. The van der Waals surface area contributed by atoms with E-state index in [0.717, 1.165) is 5.56 Å². The lowest BCUT2D eigenvalue weighted by Gasteiger charge is -2.27. The van der Waals surface area contributed by atoms with Crippen LogP contribution in [0, 0.1) is 6.92 Å². The van der Waals surface area contributed by atoms with E-state index in [9.17, 15) is 14.4 Å². The molecule has 0 aliphatic carbocycles. The van der Waals surface area contributed by atoms with E-state index in [1.54, 1.807) is 6.07 Å². The highest BCUT2D eigenvalue weighted by Gasteiger charge is 2.28. The van der Waals surface area contributed by atoms with Gasteiger partial charge in [0.2, 0.25) is 11.8 Å². The Kier molecular flexibility index (Phi) is 6.49. The van der Waals surface area contributed by atoms with E-state index in [0.29, 0.717) is 17.9 Å². The summed E-state index contributed by atoms with van der Waals surface area (Å²) in [6.45, 7) is 7.85. The van der Waals surface area contributed by atoms with Crippen molar-refractivity contribution in [2.45, 2.75) is 46.6 Å². The molecule has 0 aromatic heterocycles. The molecule has 0 atom stereocenters. The highest BCUT2D eigenvalue weighted by molar-refractivity contribution is 6.40. The Morgan fingerprint density at radius 3 is 2.65 bits per heavy atom. The van der Waals surface area contributed by atoms with Crippen molar-refractivity contribution < 1.29 is 14.4 Å². The number of likely N-dealkylation sites (N-methyl/N-ethyl adjacent to an activating group) is 1. The fourth-order valence-corrected chi connectivity index (χ4v) is 2.72. The van der Waals surface area contributed by atoms with Crippen molar-refractivity contribution in [3.05, 3.63) is 29.8 Å². The summed E-state index contributed by atoms with van der Waals surface area (Å²) < 4.78 is 0. The number of anilines is 1. The Morgan fingerprint density at radius 1 is 1.31 bits per heavy atom. The number of nitrogens with zero attached hydrogens (tertiary/aromatic N) is 3. The van der Waals surface area contributed by atoms with E-state index in [2.05, 4.69) is 10.4 Å². The minimum absolute atomic E-state index is 0.0118. The first-order valence-electron chi connectivity index (χ1n) is 8.87. The number of benzene rings is 1. The molecule has 1 aliphatic rings. The van der Waals surface area contributed by atoms with Crippen molar-refractivity contribution in [1.82, 2.24) is 10.2 Å². The lowest BCUT2D eigenvalue weighted by molar-refractivity contribution is -0.131. The minimum Gasteiger partial charge on any atom is -0.352 e. The summed E-state index contributed by atoms with van der Waals surface area (Å²) in [5.41, 5.74) is 1.94. The van der Waals surface area contributed by atoms with Crippen LogP contribution in [0.3, 0.4) is 0 Å². The monoisotopic (exact) mass is 358 g/mol. The number of carbonyl (C=O) groups is 3. The van der Waals surface area contributed by atoms with Gasteiger partial charge in [-0.1, -0.05) is 12.1 Å². The number of carbonyl (C=O) groups excluding carboxylic acids is 3. The van der Waals surface area contributed by atoms with Crippen molar-refractivity contribution in [1.29, 1.82) is 0 Å². The molecule has 1 aromatic rings. The minimum atomic E-state index is -0.309. The quantitative estimate of drug-likeness (QED) is 0.842. The molecule has 0 spiro atoms. The SMILES string of the molecule is CCN(CC(=O)NC(C)C)C(=O)C1=NN(c2cccc(C)c2)C(=O)CC1. The van der Waals surface area contributed by atoms with Crippen LogP contribution in [-0.4, -0.2) is 47.5 Å². The van der Waals surface area contributed by atoms with E-state index in [-0.39, 0.29) is 43.1 Å². The normalized spacial score (nSPS) is 14.3. The summed E-state index contributed by atoms with van der Waals surface area (Å²) in [4.78, 5) is 38.4. The predicted molar refractivity (Wildman–Crippen MR) is 101 cm³/mol. The van der Waals surface area contributed by atoms with Gasteiger partial charge in [0.1, 0.15) is 5.71 Å². The van der Waals surface area contributed by atoms with Crippen LogP contribution in [0.1, 0.15) is 39.2 Å². The lowest BCUT2D eigenvalue weighted by atomic mass is 10.1. The largest absolute Gasteiger partial charge is 0.352 e. The summed E-state index contributed by atoms with van der Waals surface area (Å²) in [6.07, 6.45) is 0.497. The zero-order valence-electron chi connectivity index (χ0n) is 15.8. The molecule has 1 heterocycles. The first kappa shape index (κ1) is 19.6. The van der Waals surface area contributed by atoms with Crippen LogP contribution in [0.25, 0.3) is 0 Å². The van der Waals surface area contributed by atoms with Gasteiger partial charge in [-0.05, 0) is 45.4 Å². The number of amides is 3. The van der Waals surface area contributed by atoms with E-state index in [1.807, 2.05) is 45.9 Å². The number of hydrogen-bond acceptors (Lipinski definition) is 4. The molecule has 0 fully saturated rings. The van der Waals surface area contributed by atoms with Crippen LogP contribution < -0.4 is 10.3 Å². The molecule has 1 N–H and O–H groups in total. The summed E-state index contributed by atoms with van der Waals surface area (Å²) in [7, 11) is 0. The third-order valence-corrected chi connectivity index (χ3v) is 3.98. The fourth-order valence-electron chi connectivity index (χ4n) is 2.72. The summed E-state index contributed by atoms with van der Waals surface area (Å²) in [5, 5.41) is 8.35. The zero-order valence-corrected chi connectivity index (χ0v) is 15.8. The second kappa shape index (κ2) is 8.60.